The van der Waals surface area contributed by atoms with Crippen molar-refractivity contribution >= 4 is 5.91 Å². The van der Waals surface area contributed by atoms with E-state index in [9.17, 15) is 4.79 Å². The van der Waals surface area contributed by atoms with Crippen molar-refractivity contribution in [1.82, 2.24) is 20.1 Å². The highest BCUT2D eigenvalue weighted by molar-refractivity contribution is 5.99. The Balaban J connectivity index is 1.69. The van der Waals surface area contributed by atoms with Crippen molar-refractivity contribution in [2.75, 3.05) is 0 Å². The number of nitrogens with one attached hydrogen (secondary N) is 1. The minimum Gasteiger partial charge on any atom is -0.447 e. The van der Waals surface area contributed by atoms with Crippen LogP contribution in [-0.2, 0) is 6.54 Å². The minimum absolute atomic E-state index is 0.218. The summed E-state index contributed by atoms with van der Waals surface area (Å²) < 4.78 is 6.90. The molecule has 0 bridgehead atoms. The summed E-state index contributed by atoms with van der Waals surface area (Å²) >= 11 is 0. The lowest BCUT2D eigenvalue weighted by atomic mass is 10.1. The smallest absolute Gasteiger partial charge is 0.255 e. The molecule has 4 aromatic rings. The fourth-order valence-corrected chi connectivity index (χ4v) is 2.77. The van der Waals surface area contributed by atoms with Crippen LogP contribution in [0.1, 0.15) is 21.8 Å². The van der Waals surface area contributed by atoms with E-state index in [1.54, 1.807) is 17.1 Å². The Morgan fingerprint density at radius 3 is 2.59 bits per heavy atom. The van der Waals surface area contributed by atoms with E-state index in [1.807, 2.05) is 61.5 Å². The Hall–Kier alpha value is -3.67. The van der Waals surface area contributed by atoms with Crippen molar-refractivity contribution in [3.63, 3.8) is 0 Å². The summed E-state index contributed by atoms with van der Waals surface area (Å²) in [5, 5.41) is 7.50. The molecule has 4 rings (SSSR count). The van der Waals surface area contributed by atoms with Crippen molar-refractivity contribution in [2.24, 2.45) is 0 Å². The second-order valence-electron chi connectivity index (χ2n) is 6.15. The van der Waals surface area contributed by atoms with E-state index in [1.165, 1.54) is 6.26 Å². The highest BCUT2D eigenvalue weighted by atomic mass is 16.3. The number of aryl methyl sites for hydroxylation is 1. The zero-order chi connectivity index (χ0) is 18.6. The molecular weight excluding hydrogens is 340 g/mol. The fraction of sp³-hybridized carbons (Fsp3) is 0.0952. The van der Waals surface area contributed by atoms with E-state index >= 15 is 0 Å². The number of carbonyl (C=O) groups excluding carboxylic acids is 1. The lowest BCUT2D eigenvalue weighted by molar-refractivity contribution is 0.0948. The largest absolute Gasteiger partial charge is 0.447 e. The molecule has 0 fully saturated rings. The summed E-state index contributed by atoms with van der Waals surface area (Å²) in [6.45, 7) is 2.25. The van der Waals surface area contributed by atoms with Crippen LogP contribution in [0.3, 0.4) is 0 Å². The van der Waals surface area contributed by atoms with Crippen molar-refractivity contribution in [1.29, 1.82) is 0 Å². The molecule has 0 aliphatic heterocycles. The van der Waals surface area contributed by atoms with Crippen LogP contribution < -0.4 is 5.32 Å². The number of benzene rings is 2. The average molecular weight is 358 g/mol. The quantitative estimate of drug-likeness (QED) is 0.589. The highest BCUT2D eigenvalue weighted by Gasteiger charge is 2.18. The van der Waals surface area contributed by atoms with Crippen molar-refractivity contribution in [3.8, 4) is 16.9 Å². The zero-order valence-corrected chi connectivity index (χ0v) is 14.8. The summed E-state index contributed by atoms with van der Waals surface area (Å²) in [5.74, 6) is 0.223. The minimum atomic E-state index is -0.231. The summed E-state index contributed by atoms with van der Waals surface area (Å²) in [5.41, 5.74) is 4.06. The molecule has 134 valence electrons. The maximum atomic E-state index is 12.8. The summed E-state index contributed by atoms with van der Waals surface area (Å²) in [7, 11) is 0. The number of aromatic nitrogens is 3. The molecule has 27 heavy (non-hydrogen) atoms. The Morgan fingerprint density at radius 1 is 1.11 bits per heavy atom. The molecule has 0 saturated carbocycles. The van der Waals surface area contributed by atoms with Gasteiger partial charge in [0.2, 0.25) is 5.89 Å². The number of nitrogens with zero attached hydrogens (tertiary/aromatic N) is 3. The molecule has 0 spiro atoms. The monoisotopic (exact) mass is 358 g/mol. The van der Waals surface area contributed by atoms with Gasteiger partial charge in [-0.25, -0.2) is 9.67 Å². The van der Waals surface area contributed by atoms with Crippen LogP contribution in [0.2, 0.25) is 0 Å². The van der Waals surface area contributed by atoms with Crippen LogP contribution in [0.5, 0.6) is 0 Å². The molecule has 2 aromatic carbocycles. The molecule has 0 radical (unpaired) electrons. The van der Waals surface area contributed by atoms with Gasteiger partial charge in [0.1, 0.15) is 12.0 Å². The normalized spacial score (nSPS) is 10.7. The number of hydrogen-bond acceptors (Lipinski definition) is 4. The first-order chi connectivity index (χ1) is 13.2. The van der Waals surface area contributed by atoms with Gasteiger partial charge in [-0.05, 0) is 19.1 Å². The first kappa shape index (κ1) is 16.8. The standard InChI is InChI=1S/C21H18N4O2/c1-15-7-9-17(10-8-15)25-14-18(20(24-25)16-5-3-2-4-6-16)21(26)23-13-19-22-11-12-27-19/h2-12,14H,13H2,1H3,(H,23,26). The van der Waals surface area contributed by atoms with Crippen LogP contribution in [0.15, 0.2) is 77.7 Å². The molecule has 0 unspecified atom stereocenters. The molecule has 0 saturated heterocycles. The number of amides is 1. The van der Waals surface area contributed by atoms with Gasteiger partial charge < -0.3 is 9.73 Å². The predicted octanol–water partition coefficient (Wildman–Crippen LogP) is 3.77. The molecule has 6 heteroatoms. The Morgan fingerprint density at radius 2 is 1.89 bits per heavy atom. The second-order valence-corrected chi connectivity index (χ2v) is 6.15. The molecule has 1 amide bonds. The molecule has 6 nitrogen and oxygen atoms in total. The lowest BCUT2D eigenvalue weighted by Crippen LogP contribution is -2.23. The third-order valence-electron chi connectivity index (χ3n) is 4.19. The first-order valence-corrected chi connectivity index (χ1v) is 8.59. The molecule has 2 aromatic heterocycles. The molecule has 0 aliphatic rings. The van der Waals surface area contributed by atoms with Crippen LogP contribution >= 0.6 is 0 Å². The van der Waals surface area contributed by atoms with Gasteiger partial charge in [0, 0.05) is 11.8 Å². The number of hydrogen-bond donors (Lipinski definition) is 1. The third kappa shape index (κ3) is 3.64. The van der Waals surface area contributed by atoms with E-state index in [2.05, 4.69) is 15.4 Å². The van der Waals surface area contributed by atoms with Gasteiger partial charge in [0.25, 0.3) is 5.91 Å². The van der Waals surface area contributed by atoms with Crippen LogP contribution in [0.4, 0.5) is 0 Å². The van der Waals surface area contributed by atoms with E-state index in [-0.39, 0.29) is 12.5 Å². The van der Waals surface area contributed by atoms with Gasteiger partial charge in [0.15, 0.2) is 0 Å². The maximum absolute atomic E-state index is 12.8. The van der Waals surface area contributed by atoms with Crippen molar-refractivity contribution < 1.29 is 9.21 Å². The summed E-state index contributed by atoms with van der Waals surface area (Å²) in [4.78, 5) is 16.8. The van der Waals surface area contributed by atoms with Gasteiger partial charge in [-0.3, -0.25) is 4.79 Å². The predicted molar refractivity (Wildman–Crippen MR) is 101 cm³/mol. The van der Waals surface area contributed by atoms with Gasteiger partial charge in [-0.2, -0.15) is 5.10 Å². The van der Waals surface area contributed by atoms with Gasteiger partial charge in [-0.15, -0.1) is 0 Å². The second kappa shape index (κ2) is 7.29. The lowest BCUT2D eigenvalue weighted by Gasteiger charge is -2.03. The number of oxazole rings is 1. The Kier molecular flexibility index (Phi) is 4.53. The van der Waals surface area contributed by atoms with E-state index in [0.717, 1.165) is 16.8 Å². The van der Waals surface area contributed by atoms with E-state index in [4.69, 9.17) is 4.42 Å². The van der Waals surface area contributed by atoms with Crippen LogP contribution in [0, 0.1) is 6.92 Å². The van der Waals surface area contributed by atoms with Crippen LogP contribution in [-0.4, -0.2) is 20.7 Å². The summed E-state index contributed by atoms with van der Waals surface area (Å²) in [6.07, 6.45) is 4.77. The molecule has 1 N–H and O–H groups in total. The molecular formula is C21H18N4O2. The molecule has 0 aliphatic carbocycles. The number of carbonyl (C=O) groups is 1. The van der Waals surface area contributed by atoms with Crippen molar-refractivity contribution in [3.05, 3.63) is 90.3 Å². The highest BCUT2D eigenvalue weighted by Crippen LogP contribution is 2.24. The fourth-order valence-electron chi connectivity index (χ4n) is 2.77. The Labute approximate surface area is 156 Å². The van der Waals surface area contributed by atoms with Gasteiger partial charge >= 0.3 is 0 Å². The topological polar surface area (TPSA) is 73.0 Å². The summed E-state index contributed by atoms with van der Waals surface area (Å²) in [6, 6.07) is 17.6. The Bertz CT molecular complexity index is 1040. The number of rotatable bonds is 5. The van der Waals surface area contributed by atoms with E-state index < -0.39 is 0 Å². The molecule has 0 atom stereocenters. The van der Waals surface area contributed by atoms with Gasteiger partial charge in [-0.1, -0.05) is 48.0 Å². The third-order valence-corrected chi connectivity index (χ3v) is 4.19. The maximum Gasteiger partial charge on any atom is 0.255 e. The van der Waals surface area contributed by atoms with Crippen LogP contribution in [0.25, 0.3) is 16.9 Å². The van der Waals surface area contributed by atoms with E-state index in [0.29, 0.717) is 17.1 Å². The van der Waals surface area contributed by atoms with Crippen molar-refractivity contribution in [2.45, 2.75) is 13.5 Å². The molecule has 2 heterocycles. The zero-order valence-electron chi connectivity index (χ0n) is 14.8. The SMILES string of the molecule is Cc1ccc(-n2cc(C(=O)NCc3ncco3)c(-c3ccccc3)n2)cc1. The van der Waals surface area contributed by atoms with Gasteiger partial charge in [0.05, 0.1) is 24.0 Å². The first-order valence-electron chi connectivity index (χ1n) is 8.59. The average Bonchev–Trinajstić information content (AvgIpc) is 3.37.